The fourth-order valence-corrected chi connectivity index (χ4v) is 4.27. The van der Waals surface area contributed by atoms with Crippen molar-refractivity contribution in [1.29, 1.82) is 0 Å². The van der Waals surface area contributed by atoms with E-state index in [1.54, 1.807) is 11.3 Å². The van der Waals surface area contributed by atoms with E-state index in [0.29, 0.717) is 11.7 Å². The van der Waals surface area contributed by atoms with E-state index in [4.69, 9.17) is 0 Å². The lowest BCUT2D eigenvalue weighted by molar-refractivity contribution is 0.0940. The topological polar surface area (TPSA) is 20.3 Å². The van der Waals surface area contributed by atoms with Gasteiger partial charge >= 0.3 is 0 Å². The molecule has 0 bridgehead atoms. The van der Waals surface area contributed by atoms with Gasteiger partial charge in [-0.05, 0) is 35.4 Å². The van der Waals surface area contributed by atoms with Crippen molar-refractivity contribution >= 4 is 22.8 Å². The number of fused-ring (bicyclic) bond motifs is 3. The minimum atomic E-state index is -0.228. The molecule has 2 aromatic rings. The Labute approximate surface area is 116 Å². The van der Waals surface area contributed by atoms with E-state index in [-0.39, 0.29) is 5.41 Å². The number of anilines is 1. The van der Waals surface area contributed by atoms with Crippen LogP contribution in [0.15, 0.2) is 41.8 Å². The number of hydrogen-bond donors (Lipinski definition) is 0. The lowest BCUT2D eigenvalue weighted by Gasteiger charge is -2.32. The van der Waals surface area contributed by atoms with Gasteiger partial charge in [-0.1, -0.05) is 24.3 Å². The molecule has 1 aliphatic heterocycles. The largest absolute Gasteiger partial charge is 0.374 e. The highest BCUT2D eigenvalue weighted by Gasteiger charge is 2.63. The summed E-state index contributed by atoms with van der Waals surface area (Å²) in [6, 6.07) is 12.3. The number of Topliss-reactive ketones (excluding diaryl/α,β-unsaturated/α-hetero) is 1. The first-order valence-electron chi connectivity index (χ1n) is 6.62. The molecule has 1 saturated carbocycles. The van der Waals surface area contributed by atoms with Gasteiger partial charge in [0.1, 0.15) is 0 Å². The molecule has 96 valence electrons. The summed E-state index contributed by atoms with van der Waals surface area (Å²) in [4.78, 5) is 16.1. The number of carbonyl (C=O) groups excluding carboxylic acids is 1. The first kappa shape index (κ1) is 11.2. The van der Waals surface area contributed by atoms with E-state index in [2.05, 4.69) is 36.2 Å². The maximum Gasteiger partial charge on any atom is 0.183 e. The zero-order valence-corrected chi connectivity index (χ0v) is 11.6. The molecule has 1 aliphatic carbocycles. The molecule has 2 atom stereocenters. The summed E-state index contributed by atoms with van der Waals surface area (Å²) in [6.45, 7) is 0.994. The average Bonchev–Trinajstić information content (AvgIpc) is 2.92. The molecule has 0 amide bonds. The van der Waals surface area contributed by atoms with E-state index in [1.165, 1.54) is 11.3 Å². The van der Waals surface area contributed by atoms with Gasteiger partial charge in [0, 0.05) is 19.3 Å². The fraction of sp³-hybridized carbons (Fsp3) is 0.312. The van der Waals surface area contributed by atoms with Gasteiger partial charge in [-0.15, -0.1) is 11.3 Å². The molecule has 0 N–H and O–H groups in total. The monoisotopic (exact) mass is 269 g/mol. The Morgan fingerprint density at radius 3 is 2.95 bits per heavy atom. The van der Waals surface area contributed by atoms with Gasteiger partial charge in [-0.2, -0.15) is 0 Å². The minimum Gasteiger partial charge on any atom is -0.374 e. The number of carbonyl (C=O) groups is 1. The Hall–Kier alpha value is -1.61. The number of thiophene rings is 1. The van der Waals surface area contributed by atoms with Gasteiger partial charge in [-0.25, -0.2) is 0 Å². The molecular formula is C16H15NOS. The van der Waals surface area contributed by atoms with Crippen molar-refractivity contribution in [2.24, 2.45) is 5.92 Å². The van der Waals surface area contributed by atoms with E-state index >= 15 is 0 Å². The third-order valence-corrected chi connectivity index (χ3v) is 5.41. The molecule has 2 heterocycles. The molecule has 0 saturated heterocycles. The Bertz CT molecular complexity index is 649. The fourth-order valence-electron chi connectivity index (χ4n) is 3.52. The number of para-hydroxylation sites is 1. The predicted molar refractivity (Wildman–Crippen MR) is 78.1 cm³/mol. The van der Waals surface area contributed by atoms with Crippen molar-refractivity contribution in [3.63, 3.8) is 0 Å². The average molecular weight is 269 g/mol. The summed E-state index contributed by atoms with van der Waals surface area (Å²) >= 11 is 1.56. The van der Waals surface area contributed by atoms with E-state index in [9.17, 15) is 4.79 Å². The lowest BCUT2D eigenvalue weighted by Crippen LogP contribution is -2.35. The quantitative estimate of drug-likeness (QED) is 0.779. The highest BCUT2D eigenvalue weighted by molar-refractivity contribution is 7.12. The minimum absolute atomic E-state index is 0.228. The smallest absolute Gasteiger partial charge is 0.183 e. The van der Waals surface area contributed by atoms with Crippen LogP contribution in [-0.4, -0.2) is 19.4 Å². The van der Waals surface area contributed by atoms with E-state index < -0.39 is 0 Å². The summed E-state index contributed by atoms with van der Waals surface area (Å²) < 4.78 is 0. The summed E-state index contributed by atoms with van der Waals surface area (Å²) in [6.07, 6.45) is 1.01. The maximum atomic E-state index is 12.9. The van der Waals surface area contributed by atoms with Crippen LogP contribution in [0.2, 0.25) is 0 Å². The number of benzene rings is 1. The standard InChI is InChI=1S/C16H15NOS/c1-17-10-11-9-16(11,12-5-2-3-6-13(12)17)15(18)14-7-4-8-19-14/h2-8,11H,9-10H2,1H3/t11-,16+/m0/s1. The molecule has 1 aromatic carbocycles. The Balaban J connectivity index is 1.86. The second kappa shape index (κ2) is 3.70. The van der Waals surface area contributed by atoms with Gasteiger partial charge in [0.25, 0.3) is 0 Å². The van der Waals surface area contributed by atoms with Crippen molar-refractivity contribution < 1.29 is 4.79 Å². The number of nitrogens with zero attached hydrogens (tertiary/aromatic N) is 1. The molecule has 0 radical (unpaired) electrons. The molecule has 0 unspecified atom stereocenters. The van der Waals surface area contributed by atoms with Crippen LogP contribution >= 0.6 is 11.3 Å². The van der Waals surface area contributed by atoms with Crippen molar-refractivity contribution in [2.45, 2.75) is 11.8 Å². The summed E-state index contributed by atoms with van der Waals surface area (Å²) in [5.74, 6) is 0.815. The number of ketones is 1. The van der Waals surface area contributed by atoms with Crippen molar-refractivity contribution in [2.75, 3.05) is 18.5 Å². The van der Waals surface area contributed by atoms with Gasteiger partial charge in [-0.3, -0.25) is 4.79 Å². The molecule has 4 rings (SSSR count). The van der Waals surface area contributed by atoms with Gasteiger partial charge < -0.3 is 4.90 Å². The first-order valence-corrected chi connectivity index (χ1v) is 7.50. The second-order valence-corrected chi connectivity index (χ2v) is 6.52. The number of rotatable bonds is 2. The molecule has 0 spiro atoms. The maximum absolute atomic E-state index is 12.9. The summed E-state index contributed by atoms with van der Waals surface area (Å²) in [5, 5.41) is 1.99. The zero-order chi connectivity index (χ0) is 13.0. The molecule has 1 aromatic heterocycles. The van der Waals surface area contributed by atoms with Gasteiger partial charge in [0.15, 0.2) is 5.78 Å². The van der Waals surface area contributed by atoms with E-state index in [0.717, 1.165) is 17.8 Å². The van der Waals surface area contributed by atoms with Crippen LogP contribution in [0.5, 0.6) is 0 Å². The van der Waals surface area contributed by atoms with Crippen molar-refractivity contribution in [3.05, 3.63) is 52.2 Å². The Morgan fingerprint density at radius 1 is 1.32 bits per heavy atom. The van der Waals surface area contributed by atoms with Crippen LogP contribution in [0.3, 0.4) is 0 Å². The van der Waals surface area contributed by atoms with E-state index in [1.807, 2.05) is 17.5 Å². The van der Waals surface area contributed by atoms with Crippen LogP contribution in [0.4, 0.5) is 5.69 Å². The summed E-state index contributed by atoms with van der Waals surface area (Å²) in [5.41, 5.74) is 2.22. The summed E-state index contributed by atoms with van der Waals surface area (Å²) in [7, 11) is 2.12. The van der Waals surface area contributed by atoms with Crippen LogP contribution in [0.25, 0.3) is 0 Å². The normalized spacial score (nSPS) is 27.6. The predicted octanol–water partition coefficient (Wildman–Crippen LogP) is 3.34. The second-order valence-electron chi connectivity index (χ2n) is 5.58. The third kappa shape index (κ3) is 1.39. The Morgan fingerprint density at radius 2 is 2.16 bits per heavy atom. The molecule has 3 heteroatoms. The molecular weight excluding hydrogens is 254 g/mol. The van der Waals surface area contributed by atoms with Crippen LogP contribution in [0.1, 0.15) is 21.7 Å². The van der Waals surface area contributed by atoms with Crippen molar-refractivity contribution in [3.8, 4) is 0 Å². The SMILES string of the molecule is CN1C[C@@H]2C[C@]2(C(=O)c2cccs2)c2ccccc21. The molecule has 2 nitrogen and oxygen atoms in total. The van der Waals surface area contributed by atoms with Crippen LogP contribution < -0.4 is 4.90 Å². The highest BCUT2D eigenvalue weighted by atomic mass is 32.1. The third-order valence-electron chi connectivity index (χ3n) is 4.55. The van der Waals surface area contributed by atoms with Crippen molar-refractivity contribution in [1.82, 2.24) is 0 Å². The first-order chi connectivity index (χ1) is 9.23. The molecule has 2 aliphatic rings. The van der Waals surface area contributed by atoms with Crippen LogP contribution in [0, 0.1) is 5.92 Å². The number of hydrogen-bond acceptors (Lipinski definition) is 3. The van der Waals surface area contributed by atoms with Crippen LogP contribution in [-0.2, 0) is 5.41 Å². The highest BCUT2D eigenvalue weighted by Crippen LogP contribution is 2.61. The zero-order valence-electron chi connectivity index (χ0n) is 10.8. The lowest BCUT2D eigenvalue weighted by atomic mass is 9.84. The molecule has 19 heavy (non-hydrogen) atoms. The Kier molecular flexibility index (Phi) is 2.19. The van der Waals surface area contributed by atoms with Gasteiger partial charge in [0.05, 0.1) is 10.3 Å². The molecule has 1 fully saturated rings. The van der Waals surface area contributed by atoms with Gasteiger partial charge in [0.2, 0.25) is 0 Å².